The highest BCUT2D eigenvalue weighted by atomic mass is 35.5. The molecule has 1 aliphatic heterocycles. The average Bonchev–Trinajstić information content (AvgIpc) is 3.37. The molecule has 5 rings (SSSR count). The van der Waals surface area contributed by atoms with E-state index in [4.69, 9.17) is 21.1 Å². The third-order valence-corrected chi connectivity index (χ3v) is 8.50. The maximum absolute atomic E-state index is 13.4. The van der Waals surface area contributed by atoms with Crippen LogP contribution in [-0.4, -0.2) is 49.0 Å². The molecule has 5 nitrogen and oxygen atoms in total. The first-order chi connectivity index (χ1) is 19.5. The number of halogens is 2. The van der Waals surface area contributed by atoms with Gasteiger partial charge in [-0.2, -0.15) is 0 Å². The molecule has 1 fully saturated rings. The number of hydrogen-bond donors (Lipinski definition) is 2. The summed E-state index contributed by atoms with van der Waals surface area (Å²) >= 11 is 6.59. The Hall–Kier alpha value is -2.80. The van der Waals surface area contributed by atoms with Gasteiger partial charge in [0.2, 0.25) is 0 Å². The van der Waals surface area contributed by atoms with E-state index in [1.54, 1.807) is 6.07 Å². The van der Waals surface area contributed by atoms with E-state index in [0.717, 1.165) is 55.9 Å². The second kappa shape index (κ2) is 13.2. The molecule has 1 unspecified atom stereocenters. The minimum absolute atomic E-state index is 0.119. The van der Waals surface area contributed by atoms with Gasteiger partial charge < -0.3 is 24.8 Å². The second-order valence-electron chi connectivity index (χ2n) is 10.8. The highest BCUT2D eigenvalue weighted by Crippen LogP contribution is 2.43. The molecule has 1 atom stereocenters. The number of anilines is 1. The first kappa shape index (κ1) is 28.7. The van der Waals surface area contributed by atoms with Crippen molar-refractivity contribution in [1.29, 1.82) is 0 Å². The lowest BCUT2D eigenvalue weighted by Gasteiger charge is -2.28. The number of aliphatic hydroxyl groups excluding tert-OH is 1. The van der Waals surface area contributed by atoms with Crippen molar-refractivity contribution in [2.24, 2.45) is 0 Å². The van der Waals surface area contributed by atoms with Crippen LogP contribution >= 0.6 is 11.6 Å². The molecule has 1 heterocycles. The molecule has 0 spiro atoms. The van der Waals surface area contributed by atoms with E-state index in [1.807, 2.05) is 13.0 Å². The average molecular weight is 567 g/mol. The Bertz CT molecular complexity index is 1310. The number of nitrogens with zero attached hydrogens (tertiary/aromatic N) is 1. The zero-order valence-electron chi connectivity index (χ0n) is 23.5. The molecule has 0 amide bonds. The molecule has 0 saturated carbocycles. The van der Waals surface area contributed by atoms with E-state index in [2.05, 4.69) is 53.5 Å². The van der Waals surface area contributed by atoms with Gasteiger partial charge in [-0.25, -0.2) is 4.39 Å². The number of fused-ring (bicyclic) bond motifs is 1. The van der Waals surface area contributed by atoms with Crippen molar-refractivity contribution in [3.05, 3.63) is 75.8 Å². The predicted molar refractivity (Wildman–Crippen MR) is 161 cm³/mol. The normalized spacial score (nSPS) is 17.6. The van der Waals surface area contributed by atoms with Crippen LogP contribution < -0.4 is 14.8 Å². The van der Waals surface area contributed by atoms with Crippen LogP contribution in [0.15, 0.2) is 48.5 Å². The second-order valence-corrected chi connectivity index (χ2v) is 11.2. The lowest BCUT2D eigenvalue weighted by atomic mass is 9.93. The summed E-state index contributed by atoms with van der Waals surface area (Å²) < 4.78 is 25.4. The zero-order valence-corrected chi connectivity index (χ0v) is 24.3. The number of alkyl halides is 1. The van der Waals surface area contributed by atoms with Crippen LogP contribution in [-0.2, 0) is 13.0 Å². The van der Waals surface area contributed by atoms with Crippen molar-refractivity contribution < 1.29 is 19.0 Å². The summed E-state index contributed by atoms with van der Waals surface area (Å²) in [6.45, 7) is 7.76. The number of likely N-dealkylation sites (tertiary alicyclic amines) is 1. The van der Waals surface area contributed by atoms with Gasteiger partial charge in [-0.15, -0.1) is 0 Å². The molecule has 214 valence electrons. The molecular formula is C33H40ClFN2O3. The maximum atomic E-state index is 13.4. The highest BCUT2D eigenvalue weighted by Gasteiger charge is 2.27. The van der Waals surface area contributed by atoms with Crippen LogP contribution in [0.5, 0.6) is 11.5 Å². The van der Waals surface area contributed by atoms with Crippen molar-refractivity contribution in [1.82, 2.24) is 4.90 Å². The minimum atomic E-state index is -0.632. The van der Waals surface area contributed by atoms with Crippen molar-refractivity contribution in [2.75, 3.05) is 38.2 Å². The lowest BCUT2D eigenvalue weighted by Crippen LogP contribution is -2.35. The monoisotopic (exact) mass is 566 g/mol. The molecular weight excluding hydrogens is 527 g/mol. The van der Waals surface area contributed by atoms with Crippen LogP contribution in [0.4, 0.5) is 10.1 Å². The Morgan fingerprint density at radius 1 is 1.02 bits per heavy atom. The number of benzene rings is 3. The summed E-state index contributed by atoms with van der Waals surface area (Å²) in [5.74, 6) is 1.57. The third-order valence-electron chi connectivity index (χ3n) is 8.19. The van der Waals surface area contributed by atoms with Crippen molar-refractivity contribution in [3.8, 4) is 22.6 Å². The van der Waals surface area contributed by atoms with Crippen molar-refractivity contribution >= 4 is 17.3 Å². The number of aliphatic hydroxyl groups is 1. The van der Waals surface area contributed by atoms with Crippen molar-refractivity contribution in [3.63, 3.8) is 0 Å². The maximum Gasteiger partial charge on any atom is 0.126 e. The third kappa shape index (κ3) is 6.40. The number of nitrogens with one attached hydrogen (secondary N) is 1. The molecule has 2 N–H and O–H groups in total. The Morgan fingerprint density at radius 3 is 2.58 bits per heavy atom. The Labute approximate surface area is 242 Å². The quantitative estimate of drug-likeness (QED) is 0.235. The highest BCUT2D eigenvalue weighted by molar-refractivity contribution is 6.33. The topological polar surface area (TPSA) is 54.0 Å². The smallest absolute Gasteiger partial charge is 0.126 e. The summed E-state index contributed by atoms with van der Waals surface area (Å²) in [5, 5.41) is 13.9. The summed E-state index contributed by atoms with van der Waals surface area (Å²) in [6.07, 6.45) is 3.53. The zero-order chi connectivity index (χ0) is 28.1. The van der Waals surface area contributed by atoms with Crippen LogP contribution in [0, 0.1) is 6.92 Å². The largest absolute Gasteiger partial charge is 0.493 e. The van der Waals surface area contributed by atoms with Gasteiger partial charge in [0.25, 0.3) is 0 Å². The van der Waals surface area contributed by atoms with E-state index in [0.29, 0.717) is 42.4 Å². The Kier molecular flexibility index (Phi) is 9.51. The molecule has 2 aliphatic rings. The molecule has 1 aliphatic carbocycles. The van der Waals surface area contributed by atoms with Crippen LogP contribution in [0.1, 0.15) is 60.9 Å². The van der Waals surface area contributed by atoms with Gasteiger partial charge in [-0.05, 0) is 85.9 Å². The fourth-order valence-corrected chi connectivity index (χ4v) is 6.26. The molecule has 3 aromatic carbocycles. The van der Waals surface area contributed by atoms with E-state index in [9.17, 15) is 9.50 Å². The van der Waals surface area contributed by atoms with Crippen LogP contribution in [0.25, 0.3) is 11.1 Å². The van der Waals surface area contributed by atoms with E-state index >= 15 is 0 Å². The van der Waals surface area contributed by atoms with Gasteiger partial charge in [0.1, 0.15) is 17.7 Å². The number of piperidine rings is 1. The van der Waals surface area contributed by atoms with Crippen molar-refractivity contribution in [2.45, 2.75) is 64.8 Å². The van der Waals surface area contributed by atoms with Gasteiger partial charge in [0.15, 0.2) is 0 Å². The van der Waals surface area contributed by atoms with E-state index in [1.165, 1.54) is 22.3 Å². The Balaban J connectivity index is 1.29. The van der Waals surface area contributed by atoms with E-state index < -0.39 is 6.17 Å². The number of hydrogen-bond acceptors (Lipinski definition) is 5. The first-order valence-corrected chi connectivity index (χ1v) is 14.9. The molecule has 0 bridgehead atoms. The summed E-state index contributed by atoms with van der Waals surface area (Å²) in [7, 11) is 0. The first-order valence-electron chi connectivity index (χ1n) is 14.5. The molecule has 40 heavy (non-hydrogen) atoms. The predicted octanol–water partition coefficient (Wildman–Crippen LogP) is 7.51. The van der Waals surface area contributed by atoms with Gasteiger partial charge in [-0.1, -0.05) is 41.9 Å². The summed E-state index contributed by atoms with van der Waals surface area (Å²) in [6, 6.07) is 16.6. The fraction of sp³-hybridized carbons (Fsp3) is 0.455. The van der Waals surface area contributed by atoms with Crippen LogP contribution in [0.3, 0.4) is 0 Å². The van der Waals surface area contributed by atoms with E-state index in [-0.39, 0.29) is 12.6 Å². The van der Waals surface area contributed by atoms with Gasteiger partial charge >= 0.3 is 0 Å². The molecule has 1 saturated heterocycles. The molecule has 0 aromatic heterocycles. The summed E-state index contributed by atoms with van der Waals surface area (Å²) in [5.41, 5.74) is 7.72. The number of rotatable bonds is 11. The van der Waals surface area contributed by atoms with Gasteiger partial charge in [0, 0.05) is 31.3 Å². The fourth-order valence-electron chi connectivity index (χ4n) is 6.02. The standard InChI is InChI=1S/C33H40ClFN2O3/c1-3-39-33-20-31(29(34)19-23(33)21-38)36-30-12-11-27-26(8-4-9-28(27)30)25-7-5-10-32(22(25)2)40-18-6-15-37-16-13-24(35)14-17-37/h4-5,7-10,19-20,24,30,36,38H,3,6,11-18,21H2,1-2H3. The van der Waals surface area contributed by atoms with Gasteiger partial charge in [0.05, 0.1) is 36.6 Å². The van der Waals surface area contributed by atoms with Gasteiger partial charge in [-0.3, -0.25) is 0 Å². The Morgan fingerprint density at radius 2 is 1.80 bits per heavy atom. The molecule has 7 heteroatoms. The van der Waals surface area contributed by atoms with Crippen LogP contribution in [0.2, 0.25) is 5.02 Å². The lowest BCUT2D eigenvalue weighted by molar-refractivity contribution is 0.143. The SMILES string of the molecule is CCOc1cc(NC2CCc3c(-c4cccc(OCCCN5CCC(F)CC5)c4C)cccc32)c(Cl)cc1CO. The molecule has 3 aromatic rings. The summed E-state index contributed by atoms with van der Waals surface area (Å²) in [4.78, 5) is 2.34. The number of ether oxygens (including phenoxy) is 2. The minimum Gasteiger partial charge on any atom is -0.493 e. The molecule has 0 radical (unpaired) electrons.